The first-order valence-electron chi connectivity index (χ1n) is 6.85. The van der Waals surface area contributed by atoms with Crippen molar-refractivity contribution in [2.75, 3.05) is 6.54 Å². The molecule has 2 N–H and O–H groups in total. The molecular formula is C15H24N2. The minimum absolute atomic E-state index is 0.368. The highest BCUT2D eigenvalue weighted by Gasteiger charge is 2.26. The van der Waals surface area contributed by atoms with Gasteiger partial charge in [-0.1, -0.05) is 50.1 Å². The Hall–Kier alpha value is -0.860. The average molecular weight is 232 g/mol. The van der Waals surface area contributed by atoms with Crippen molar-refractivity contribution in [3.05, 3.63) is 35.9 Å². The second kappa shape index (κ2) is 6.18. The molecule has 94 valence electrons. The Morgan fingerprint density at radius 1 is 1.18 bits per heavy atom. The first kappa shape index (κ1) is 12.6. The van der Waals surface area contributed by atoms with Crippen LogP contribution < -0.4 is 5.73 Å². The molecule has 2 heteroatoms. The Labute approximate surface area is 105 Å². The highest BCUT2D eigenvalue weighted by molar-refractivity contribution is 5.14. The van der Waals surface area contributed by atoms with Crippen molar-refractivity contribution in [1.82, 2.24) is 4.90 Å². The third-order valence-electron chi connectivity index (χ3n) is 3.89. The zero-order valence-corrected chi connectivity index (χ0v) is 10.8. The van der Waals surface area contributed by atoms with Crippen LogP contribution in [0.3, 0.4) is 0 Å². The lowest BCUT2D eigenvalue weighted by atomic mass is 9.89. The van der Waals surface area contributed by atoms with E-state index in [1.54, 1.807) is 0 Å². The zero-order chi connectivity index (χ0) is 12.1. The summed E-state index contributed by atoms with van der Waals surface area (Å²) in [7, 11) is 0. The monoisotopic (exact) mass is 232 g/mol. The van der Waals surface area contributed by atoms with Gasteiger partial charge in [-0.05, 0) is 24.9 Å². The Morgan fingerprint density at radius 3 is 2.53 bits per heavy atom. The third-order valence-corrected chi connectivity index (χ3v) is 3.89. The van der Waals surface area contributed by atoms with E-state index in [-0.39, 0.29) is 0 Å². The first-order valence-corrected chi connectivity index (χ1v) is 6.85. The van der Waals surface area contributed by atoms with Gasteiger partial charge in [0.05, 0.1) is 0 Å². The van der Waals surface area contributed by atoms with Gasteiger partial charge in [0.2, 0.25) is 0 Å². The SMILES string of the molecule is CCN(Cc1ccccc1)C1CCCCC1N. The van der Waals surface area contributed by atoms with Crippen LogP contribution in [0.15, 0.2) is 30.3 Å². The predicted octanol–water partition coefficient (Wildman–Crippen LogP) is 2.78. The molecule has 17 heavy (non-hydrogen) atoms. The summed E-state index contributed by atoms with van der Waals surface area (Å²) in [5, 5.41) is 0. The molecule has 2 unspecified atom stereocenters. The summed E-state index contributed by atoms with van der Waals surface area (Å²) in [5.41, 5.74) is 7.66. The van der Waals surface area contributed by atoms with E-state index in [4.69, 9.17) is 5.73 Å². The van der Waals surface area contributed by atoms with Crippen LogP contribution in [-0.4, -0.2) is 23.5 Å². The van der Waals surface area contributed by atoms with Gasteiger partial charge in [0.25, 0.3) is 0 Å². The van der Waals surface area contributed by atoms with E-state index in [0.717, 1.165) is 13.1 Å². The van der Waals surface area contributed by atoms with Gasteiger partial charge >= 0.3 is 0 Å². The number of benzene rings is 1. The van der Waals surface area contributed by atoms with Crippen molar-refractivity contribution in [2.24, 2.45) is 5.73 Å². The van der Waals surface area contributed by atoms with Crippen LogP contribution in [0, 0.1) is 0 Å². The second-order valence-corrected chi connectivity index (χ2v) is 5.06. The fourth-order valence-electron chi connectivity index (χ4n) is 2.87. The molecule has 1 aliphatic carbocycles. The van der Waals surface area contributed by atoms with Crippen LogP contribution in [0.4, 0.5) is 0 Å². The topological polar surface area (TPSA) is 29.3 Å². The quantitative estimate of drug-likeness (QED) is 0.865. The molecule has 0 heterocycles. The van der Waals surface area contributed by atoms with E-state index in [1.165, 1.54) is 31.2 Å². The van der Waals surface area contributed by atoms with E-state index >= 15 is 0 Å². The number of nitrogens with two attached hydrogens (primary N) is 1. The number of hydrogen-bond donors (Lipinski definition) is 1. The lowest BCUT2D eigenvalue weighted by Gasteiger charge is -2.37. The van der Waals surface area contributed by atoms with Crippen LogP contribution in [0.5, 0.6) is 0 Å². The molecule has 0 radical (unpaired) electrons. The van der Waals surface area contributed by atoms with Crippen LogP contribution in [-0.2, 0) is 6.54 Å². The molecule has 2 rings (SSSR count). The Kier molecular flexibility index (Phi) is 4.57. The highest BCUT2D eigenvalue weighted by Crippen LogP contribution is 2.23. The zero-order valence-electron chi connectivity index (χ0n) is 10.8. The van der Waals surface area contributed by atoms with Crippen LogP contribution >= 0.6 is 0 Å². The molecule has 1 aliphatic rings. The van der Waals surface area contributed by atoms with Gasteiger partial charge in [0.15, 0.2) is 0 Å². The fourth-order valence-corrected chi connectivity index (χ4v) is 2.87. The molecule has 0 spiro atoms. The summed E-state index contributed by atoms with van der Waals surface area (Å²) in [4.78, 5) is 2.54. The number of likely N-dealkylation sites (N-methyl/N-ethyl adjacent to an activating group) is 1. The van der Waals surface area contributed by atoms with E-state index < -0.39 is 0 Å². The minimum Gasteiger partial charge on any atom is -0.326 e. The fraction of sp³-hybridized carbons (Fsp3) is 0.600. The normalized spacial score (nSPS) is 25.1. The molecule has 0 aromatic heterocycles. The summed E-state index contributed by atoms with van der Waals surface area (Å²) in [6.45, 7) is 4.37. The summed E-state index contributed by atoms with van der Waals surface area (Å²) < 4.78 is 0. The van der Waals surface area contributed by atoms with Crippen molar-refractivity contribution >= 4 is 0 Å². The minimum atomic E-state index is 0.368. The van der Waals surface area contributed by atoms with E-state index in [9.17, 15) is 0 Å². The molecular weight excluding hydrogens is 208 g/mol. The van der Waals surface area contributed by atoms with Crippen LogP contribution in [0.1, 0.15) is 38.2 Å². The standard InChI is InChI=1S/C15H24N2/c1-2-17(12-13-8-4-3-5-9-13)15-11-7-6-10-14(15)16/h3-5,8-9,14-15H,2,6-7,10-12,16H2,1H3. The van der Waals surface area contributed by atoms with Crippen molar-refractivity contribution in [2.45, 2.75) is 51.2 Å². The molecule has 1 aromatic rings. The number of nitrogens with zero attached hydrogens (tertiary/aromatic N) is 1. The summed E-state index contributed by atoms with van der Waals surface area (Å²) >= 11 is 0. The van der Waals surface area contributed by atoms with Gasteiger partial charge in [-0.25, -0.2) is 0 Å². The van der Waals surface area contributed by atoms with E-state index in [0.29, 0.717) is 12.1 Å². The van der Waals surface area contributed by atoms with Crippen LogP contribution in [0.2, 0.25) is 0 Å². The molecule has 2 atom stereocenters. The van der Waals surface area contributed by atoms with Gasteiger partial charge < -0.3 is 5.73 Å². The smallest absolute Gasteiger partial charge is 0.0250 e. The number of hydrogen-bond acceptors (Lipinski definition) is 2. The van der Waals surface area contributed by atoms with E-state index in [2.05, 4.69) is 42.2 Å². The summed E-state index contributed by atoms with van der Waals surface area (Å²) in [6, 6.07) is 11.7. The van der Waals surface area contributed by atoms with Gasteiger partial charge in [0.1, 0.15) is 0 Å². The lowest BCUT2D eigenvalue weighted by Crippen LogP contribution is -2.49. The molecule has 0 aliphatic heterocycles. The molecule has 1 aromatic carbocycles. The van der Waals surface area contributed by atoms with Crippen molar-refractivity contribution in [3.63, 3.8) is 0 Å². The van der Waals surface area contributed by atoms with Gasteiger partial charge in [-0.15, -0.1) is 0 Å². The summed E-state index contributed by atoms with van der Waals surface area (Å²) in [6.07, 6.45) is 5.10. The maximum atomic E-state index is 6.27. The maximum absolute atomic E-state index is 6.27. The van der Waals surface area contributed by atoms with Crippen LogP contribution in [0.25, 0.3) is 0 Å². The van der Waals surface area contributed by atoms with E-state index in [1.807, 2.05) is 0 Å². The maximum Gasteiger partial charge on any atom is 0.0250 e. The third kappa shape index (κ3) is 3.30. The van der Waals surface area contributed by atoms with Crippen molar-refractivity contribution < 1.29 is 0 Å². The Bertz CT molecular complexity index is 323. The molecule has 0 saturated heterocycles. The Balaban J connectivity index is 2.00. The van der Waals surface area contributed by atoms with Gasteiger partial charge in [0, 0.05) is 18.6 Å². The predicted molar refractivity (Wildman–Crippen MR) is 72.8 cm³/mol. The lowest BCUT2D eigenvalue weighted by molar-refractivity contribution is 0.136. The van der Waals surface area contributed by atoms with Gasteiger partial charge in [-0.3, -0.25) is 4.90 Å². The number of rotatable bonds is 4. The average Bonchev–Trinajstić information content (AvgIpc) is 2.38. The molecule has 1 fully saturated rings. The van der Waals surface area contributed by atoms with Crippen molar-refractivity contribution in [3.8, 4) is 0 Å². The molecule has 1 saturated carbocycles. The Morgan fingerprint density at radius 2 is 1.88 bits per heavy atom. The first-order chi connectivity index (χ1) is 8.31. The molecule has 0 amide bonds. The largest absolute Gasteiger partial charge is 0.326 e. The molecule has 0 bridgehead atoms. The second-order valence-electron chi connectivity index (χ2n) is 5.06. The summed E-state index contributed by atoms with van der Waals surface area (Å²) in [5.74, 6) is 0. The highest BCUT2D eigenvalue weighted by atomic mass is 15.2. The molecule has 2 nitrogen and oxygen atoms in total. The van der Waals surface area contributed by atoms with Crippen molar-refractivity contribution in [1.29, 1.82) is 0 Å². The van der Waals surface area contributed by atoms with Gasteiger partial charge in [-0.2, -0.15) is 0 Å².